The summed E-state index contributed by atoms with van der Waals surface area (Å²) in [7, 11) is 0. The molecule has 0 bridgehead atoms. The van der Waals surface area contributed by atoms with Gasteiger partial charge in [0.25, 0.3) is 0 Å². The Morgan fingerprint density at radius 1 is 1.38 bits per heavy atom. The van der Waals surface area contributed by atoms with Crippen LogP contribution in [0.15, 0.2) is 6.20 Å². The van der Waals surface area contributed by atoms with Gasteiger partial charge in [0.05, 0.1) is 12.3 Å². The summed E-state index contributed by atoms with van der Waals surface area (Å²) < 4.78 is 7.50. The van der Waals surface area contributed by atoms with Crippen molar-refractivity contribution in [1.29, 1.82) is 0 Å². The van der Waals surface area contributed by atoms with E-state index in [9.17, 15) is 4.79 Å². The summed E-state index contributed by atoms with van der Waals surface area (Å²) in [5.41, 5.74) is 7.48. The van der Waals surface area contributed by atoms with Gasteiger partial charge in [-0.05, 0) is 20.8 Å². The Balaban J connectivity index is 1.60. The zero-order chi connectivity index (χ0) is 17.3. The van der Waals surface area contributed by atoms with Crippen LogP contribution in [0.5, 0.6) is 0 Å². The lowest BCUT2D eigenvalue weighted by atomic mass is 9.94. The van der Waals surface area contributed by atoms with Gasteiger partial charge in [-0.25, -0.2) is 0 Å². The second-order valence-corrected chi connectivity index (χ2v) is 7.28. The van der Waals surface area contributed by atoms with E-state index in [1.807, 2.05) is 4.68 Å². The lowest BCUT2D eigenvalue weighted by Crippen LogP contribution is -2.63. The van der Waals surface area contributed by atoms with E-state index in [0.29, 0.717) is 25.7 Å². The molecule has 0 radical (unpaired) electrons. The lowest BCUT2D eigenvalue weighted by Gasteiger charge is -2.43. The van der Waals surface area contributed by atoms with E-state index in [1.54, 1.807) is 0 Å². The van der Waals surface area contributed by atoms with Crippen LogP contribution in [0.4, 0.5) is 0 Å². The van der Waals surface area contributed by atoms with Gasteiger partial charge in [-0.2, -0.15) is 5.10 Å². The zero-order valence-corrected chi connectivity index (χ0v) is 15.0. The molecule has 2 fully saturated rings. The number of piperazine rings is 1. The second-order valence-electron chi connectivity index (χ2n) is 7.28. The fraction of sp³-hybridized carbons (Fsp3) is 0.765. The summed E-state index contributed by atoms with van der Waals surface area (Å²) >= 11 is 0. The highest BCUT2D eigenvalue weighted by Gasteiger charge is 2.46. The van der Waals surface area contributed by atoms with Crippen LogP contribution in [0.1, 0.15) is 37.6 Å². The molecule has 0 aromatic carbocycles. The average molecular weight is 335 g/mol. The number of nitrogens with zero attached hydrogens (tertiary/aromatic N) is 4. The first-order valence-electron chi connectivity index (χ1n) is 8.82. The number of aryl methyl sites for hydroxylation is 1. The predicted molar refractivity (Wildman–Crippen MR) is 91.6 cm³/mol. The van der Waals surface area contributed by atoms with Crippen LogP contribution in [0, 0.1) is 6.92 Å². The first-order chi connectivity index (χ1) is 11.4. The summed E-state index contributed by atoms with van der Waals surface area (Å²) in [6, 6.07) is 0.382. The van der Waals surface area contributed by atoms with Crippen LogP contribution in [-0.4, -0.2) is 70.4 Å². The van der Waals surface area contributed by atoms with Crippen LogP contribution < -0.4 is 5.73 Å². The van der Waals surface area contributed by atoms with Crippen molar-refractivity contribution in [2.75, 3.05) is 39.4 Å². The van der Waals surface area contributed by atoms with Crippen LogP contribution in [0.2, 0.25) is 0 Å². The van der Waals surface area contributed by atoms with Crippen molar-refractivity contribution >= 4 is 5.91 Å². The molecule has 1 aromatic heterocycles. The predicted octanol–water partition coefficient (Wildman–Crippen LogP) is 0.534. The van der Waals surface area contributed by atoms with E-state index in [1.165, 1.54) is 5.56 Å². The molecule has 1 atom stereocenters. The fourth-order valence-electron chi connectivity index (χ4n) is 3.67. The smallest absolute Gasteiger partial charge is 0.240 e. The SMILES string of the molecule is Cc1nn(C(C)C)cc1CN1CCN(C2(C(N)=O)CCOC2)CC1. The molecule has 7 nitrogen and oxygen atoms in total. The maximum absolute atomic E-state index is 12.0. The standard InChI is InChI=1S/C17H29N5O2/c1-13(2)22-11-15(14(3)19-22)10-20-5-7-21(8-6-20)17(16(18)23)4-9-24-12-17/h11,13H,4-10,12H2,1-3H3,(H2,18,23). The number of nitrogens with two attached hydrogens (primary N) is 1. The van der Waals surface area contributed by atoms with Gasteiger partial charge in [-0.15, -0.1) is 0 Å². The van der Waals surface area contributed by atoms with E-state index in [-0.39, 0.29) is 5.91 Å². The molecule has 1 amide bonds. The number of hydrogen-bond donors (Lipinski definition) is 1. The Kier molecular flexibility index (Phi) is 4.94. The van der Waals surface area contributed by atoms with E-state index in [2.05, 4.69) is 41.9 Å². The third-order valence-corrected chi connectivity index (χ3v) is 5.38. The van der Waals surface area contributed by atoms with Crippen molar-refractivity contribution in [1.82, 2.24) is 19.6 Å². The molecular weight excluding hydrogens is 306 g/mol. The highest BCUT2D eigenvalue weighted by molar-refractivity contribution is 5.85. The van der Waals surface area contributed by atoms with Gasteiger partial charge in [0, 0.05) is 63.6 Å². The Morgan fingerprint density at radius 2 is 2.08 bits per heavy atom. The van der Waals surface area contributed by atoms with Gasteiger partial charge in [-0.3, -0.25) is 19.3 Å². The summed E-state index contributed by atoms with van der Waals surface area (Å²) in [5, 5.41) is 4.59. The molecule has 134 valence electrons. The van der Waals surface area contributed by atoms with E-state index in [0.717, 1.165) is 38.4 Å². The minimum absolute atomic E-state index is 0.248. The van der Waals surface area contributed by atoms with E-state index < -0.39 is 5.54 Å². The number of ether oxygens (including phenoxy) is 1. The maximum atomic E-state index is 12.0. The number of primary amides is 1. The van der Waals surface area contributed by atoms with Crippen molar-refractivity contribution in [2.45, 2.75) is 45.3 Å². The maximum Gasteiger partial charge on any atom is 0.240 e. The Morgan fingerprint density at radius 3 is 2.58 bits per heavy atom. The van der Waals surface area contributed by atoms with Crippen LogP contribution in [0.3, 0.4) is 0 Å². The van der Waals surface area contributed by atoms with Gasteiger partial charge in [0.1, 0.15) is 5.54 Å². The van der Waals surface area contributed by atoms with Gasteiger partial charge in [0.15, 0.2) is 0 Å². The molecule has 0 aliphatic carbocycles. The highest BCUT2D eigenvalue weighted by atomic mass is 16.5. The minimum atomic E-state index is -0.593. The zero-order valence-electron chi connectivity index (χ0n) is 15.0. The second kappa shape index (κ2) is 6.82. The fourth-order valence-corrected chi connectivity index (χ4v) is 3.67. The molecule has 24 heavy (non-hydrogen) atoms. The molecule has 0 spiro atoms. The topological polar surface area (TPSA) is 76.6 Å². The molecule has 1 aromatic rings. The van der Waals surface area contributed by atoms with Crippen molar-refractivity contribution in [3.8, 4) is 0 Å². The molecule has 0 saturated carbocycles. The third-order valence-electron chi connectivity index (χ3n) is 5.38. The molecule has 2 aliphatic heterocycles. The lowest BCUT2D eigenvalue weighted by molar-refractivity contribution is -0.132. The normalized spacial score (nSPS) is 26.3. The van der Waals surface area contributed by atoms with Crippen LogP contribution in [0.25, 0.3) is 0 Å². The quantitative estimate of drug-likeness (QED) is 0.850. The Bertz CT molecular complexity index is 584. The van der Waals surface area contributed by atoms with Crippen LogP contribution >= 0.6 is 0 Å². The van der Waals surface area contributed by atoms with Crippen molar-refractivity contribution in [3.63, 3.8) is 0 Å². The Hall–Kier alpha value is -1.44. The number of aromatic nitrogens is 2. The molecule has 2 N–H and O–H groups in total. The first kappa shape index (κ1) is 17.4. The van der Waals surface area contributed by atoms with Gasteiger partial charge in [0.2, 0.25) is 5.91 Å². The van der Waals surface area contributed by atoms with Gasteiger partial charge >= 0.3 is 0 Å². The molecule has 1 unspecified atom stereocenters. The summed E-state index contributed by atoms with van der Waals surface area (Å²) in [5.74, 6) is -0.248. The van der Waals surface area contributed by atoms with Gasteiger partial charge < -0.3 is 10.5 Å². The molecular formula is C17H29N5O2. The minimum Gasteiger partial charge on any atom is -0.379 e. The van der Waals surface area contributed by atoms with Crippen molar-refractivity contribution in [2.24, 2.45) is 5.73 Å². The molecule has 2 aliphatic rings. The number of carbonyl (C=O) groups excluding carboxylic acids is 1. The van der Waals surface area contributed by atoms with E-state index >= 15 is 0 Å². The number of amides is 1. The first-order valence-corrected chi connectivity index (χ1v) is 8.82. The monoisotopic (exact) mass is 335 g/mol. The Labute approximate surface area is 143 Å². The molecule has 7 heteroatoms. The van der Waals surface area contributed by atoms with Crippen LogP contribution in [-0.2, 0) is 16.1 Å². The summed E-state index contributed by atoms with van der Waals surface area (Å²) in [4.78, 5) is 16.6. The number of carbonyl (C=O) groups is 1. The number of hydrogen-bond acceptors (Lipinski definition) is 5. The largest absolute Gasteiger partial charge is 0.379 e. The average Bonchev–Trinajstić information content (AvgIpc) is 3.17. The molecule has 2 saturated heterocycles. The van der Waals surface area contributed by atoms with Crippen molar-refractivity contribution < 1.29 is 9.53 Å². The summed E-state index contributed by atoms with van der Waals surface area (Å²) in [6.07, 6.45) is 2.87. The third kappa shape index (κ3) is 3.20. The summed E-state index contributed by atoms with van der Waals surface area (Å²) in [6.45, 7) is 11.9. The highest BCUT2D eigenvalue weighted by Crippen LogP contribution is 2.27. The molecule has 3 rings (SSSR count). The molecule has 3 heterocycles. The number of rotatable bonds is 5. The van der Waals surface area contributed by atoms with E-state index in [4.69, 9.17) is 10.5 Å². The van der Waals surface area contributed by atoms with Gasteiger partial charge in [-0.1, -0.05) is 0 Å². The van der Waals surface area contributed by atoms with Crippen molar-refractivity contribution in [3.05, 3.63) is 17.5 Å².